The predicted octanol–water partition coefficient (Wildman–Crippen LogP) is 2.73. The van der Waals surface area contributed by atoms with Crippen molar-refractivity contribution in [2.24, 2.45) is 0 Å². The van der Waals surface area contributed by atoms with Gasteiger partial charge in [0.15, 0.2) is 0 Å². The first-order valence-electron chi connectivity index (χ1n) is 9.51. The second kappa shape index (κ2) is 8.33. The molecular formula is C20H27N5O2. The number of hydrogen-bond acceptors (Lipinski definition) is 5. The Morgan fingerprint density at radius 3 is 2.67 bits per heavy atom. The molecule has 27 heavy (non-hydrogen) atoms. The van der Waals surface area contributed by atoms with Gasteiger partial charge < -0.3 is 15.2 Å². The Kier molecular flexibility index (Phi) is 5.88. The molecule has 1 fully saturated rings. The fourth-order valence-corrected chi connectivity index (χ4v) is 3.60. The lowest BCUT2D eigenvalue weighted by Crippen LogP contribution is -2.35. The van der Waals surface area contributed by atoms with E-state index in [2.05, 4.69) is 32.2 Å². The van der Waals surface area contributed by atoms with E-state index in [1.807, 2.05) is 13.8 Å². The summed E-state index contributed by atoms with van der Waals surface area (Å²) in [7, 11) is 2.06. The standard InChI is InChI=1S/C20H27N5O2/c1-13(23-19(27)15-9-10-18(26)21-11-15)17-12-22-20(24-14(17)2)25(3)16-7-5-4-6-8-16/h9-13,16H,4-8H2,1-3H3,(H,21,26)(H,23,27)/t13-/m1/s1. The fraction of sp³-hybridized carbons (Fsp3) is 0.500. The van der Waals surface area contributed by atoms with E-state index in [0.717, 1.165) is 17.2 Å². The molecule has 2 aromatic heterocycles. The minimum atomic E-state index is -0.249. The minimum Gasteiger partial charge on any atom is -0.345 e. The van der Waals surface area contributed by atoms with Crippen LogP contribution in [-0.2, 0) is 0 Å². The van der Waals surface area contributed by atoms with Crippen LogP contribution in [0.3, 0.4) is 0 Å². The lowest BCUT2D eigenvalue weighted by atomic mass is 9.95. The van der Waals surface area contributed by atoms with Crippen LogP contribution >= 0.6 is 0 Å². The number of hydrogen-bond donors (Lipinski definition) is 2. The summed E-state index contributed by atoms with van der Waals surface area (Å²) >= 11 is 0. The summed E-state index contributed by atoms with van der Waals surface area (Å²) in [5.74, 6) is 0.490. The first kappa shape index (κ1) is 19.1. The van der Waals surface area contributed by atoms with Gasteiger partial charge in [-0.25, -0.2) is 9.97 Å². The van der Waals surface area contributed by atoms with Crippen molar-refractivity contribution in [3.63, 3.8) is 0 Å². The number of anilines is 1. The van der Waals surface area contributed by atoms with Gasteiger partial charge >= 0.3 is 0 Å². The Bertz CT molecular complexity index is 837. The minimum absolute atomic E-state index is 0.235. The van der Waals surface area contributed by atoms with Crippen molar-refractivity contribution >= 4 is 11.9 Å². The van der Waals surface area contributed by atoms with Crippen LogP contribution in [0.2, 0.25) is 0 Å². The lowest BCUT2D eigenvalue weighted by Gasteiger charge is -2.31. The van der Waals surface area contributed by atoms with Crippen LogP contribution in [0.1, 0.15) is 66.7 Å². The largest absolute Gasteiger partial charge is 0.345 e. The summed E-state index contributed by atoms with van der Waals surface area (Å²) in [6.07, 6.45) is 9.43. The highest BCUT2D eigenvalue weighted by molar-refractivity contribution is 5.94. The molecule has 0 saturated heterocycles. The molecule has 2 heterocycles. The Hall–Kier alpha value is -2.70. The number of nitrogens with one attached hydrogen (secondary N) is 2. The topological polar surface area (TPSA) is 91.0 Å². The van der Waals surface area contributed by atoms with Crippen molar-refractivity contribution in [2.75, 3.05) is 11.9 Å². The van der Waals surface area contributed by atoms with E-state index in [4.69, 9.17) is 0 Å². The number of amides is 1. The Labute approximate surface area is 159 Å². The molecule has 0 unspecified atom stereocenters. The van der Waals surface area contributed by atoms with Crippen LogP contribution < -0.4 is 15.8 Å². The van der Waals surface area contributed by atoms with E-state index in [1.54, 1.807) is 6.20 Å². The molecule has 1 saturated carbocycles. The molecule has 0 aromatic carbocycles. The van der Waals surface area contributed by atoms with Gasteiger partial charge in [0.25, 0.3) is 5.91 Å². The van der Waals surface area contributed by atoms with Gasteiger partial charge in [0.05, 0.1) is 11.6 Å². The monoisotopic (exact) mass is 369 g/mol. The fourth-order valence-electron chi connectivity index (χ4n) is 3.60. The van der Waals surface area contributed by atoms with Crippen molar-refractivity contribution < 1.29 is 4.79 Å². The maximum Gasteiger partial charge on any atom is 0.253 e. The molecule has 7 nitrogen and oxygen atoms in total. The summed E-state index contributed by atoms with van der Waals surface area (Å²) in [6, 6.07) is 3.11. The highest BCUT2D eigenvalue weighted by Crippen LogP contribution is 2.25. The first-order valence-corrected chi connectivity index (χ1v) is 9.51. The van der Waals surface area contributed by atoms with Crippen LogP contribution in [0.25, 0.3) is 0 Å². The van der Waals surface area contributed by atoms with E-state index in [1.165, 1.54) is 50.4 Å². The lowest BCUT2D eigenvalue weighted by molar-refractivity contribution is 0.0939. The van der Waals surface area contributed by atoms with Crippen LogP contribution in [0, 0.1) is 6.92 Å². The molecule has 0 aliphatic heterocycles. The molecule has 0 radical (unpaired) electrons. The molecule has 1 atom stereocenters. The van der Waals surface area contributed by atoms with E-state index in [-0.39, 0.29) is 17.5 Å². The van der Waals surface area contributed by atoms with Gasteiger partial charge in [0.1, 0.15) is 0 Å². The molecule has 0 spiro atoms. The molecule has 7 heteroatoms. The molecule has 3 rings (SSSR count). The second-order valence-corrected chi connectivity index (χ2v) is 7.25. The Morgan fingerprint density at radius 2 is 2.04 bits per heavy atom. The number of aromatic nitrogens is 3. The smallest absolute Gasteiger partial charge is 0.253 e. The molecule has 2 N–H and O–H groups in total. The third-order valence-corrected chi connectivity index (χ3v) is 5.30. The number of carbonyl (C=O) groups excluding carboxylic acids is 1. The van der Waals surface area contributed by atoms with Gasteiger partial charge in [-0.3, -0.25) is 9.59 Å². The van der Waals surface area contributed by atoms with Gasteiger partial charge in [-0.2, -0.15) is 0 Å². The summed E-state index contributed by atoms with van der Waals surface area (Å²) in [5, 5.41) is 2.93. The van der Waals surface area contributed by atoms with Crippen molar-refractivity contribution in [2.45, 2.75) is 58.0 Å². The number of pyridine rings is 1. The third-order valence-electron chi connectivity index (χ3n) is 5.30. The zero-order valence-electron chi connectivity index (χ0n) is 16.2. The summed E-state index contributed by atoms with van der Waals surface area (Å²) < 4.78 is 0. The van der Waals surface area contributed by atoms with Gasteiger partial charge in [-0.15, -0.1) is 0 Å². The van der Waals surface area contributed by atoms with Crippen LogP contribution in [-0.4, -0.2) is 33.9 Å². The first-order chi connectivity index (χ1) is 13.0. The number of aromatic amines is 1. The van der Waals surface area contributed by atoms with Gasteiger partial charge in [0, 0.05) is 42.8 Å². The average molecular weight is 369 g/mol. The van der Waals surface area contributed by atoms with E-state index >= 15 is 0 Å². The zero-order chi connectivity index (χ0) is 19.4. The van der Waals surface area contributed by atoms with Gasteiger partial charge in [-0.1, -0.05) is 19.3 Å². The van der Waals surface area contributed by atoms with Crippen molar-refractivity contribution in [1.29, 1.82) is 0 Å². The molecule has 0 bridgehead atoms. The van der Waals surface area contributed by atoms with Gasteiger partial charge in [-0.05, 0) is 32.8 Å². The predicted molar refractivity (Wildman–Crippen MR) is 105 cm³/mol. The van der Waals surface area contributed by atoms with E-state index in [0.29, 0.717) is 11.6 Å². The van der Waals surface area contributed by atoms with Crippen molar-refractivity contribution in [3.8, 4) is 0 Å². The maximum absolute atomic E-state index is 12.4. The van der Waals surface area contributed by atoms with Crippen LogP contribution in [0.15, 0.2) is 29.3 Å². The number of rotatable bonds is 5. The third kappa shape index (κ3) is 4.53. The zero-order valence-corrected chi connectivity index (χ0v) is 16.2. The molecule has 1 aliphatic carbocycles. The van der Waals surface area contributed by atoms with Crippen molar-refractivity contribution in [3.05, 3.63) is 51.7 Å². The summed E-state index contributed by atoms with van der Waals surface area (Å²) in [6.45, 7) is 3.84. The van der Waals surface area contributed by atoms with Crippen LogP contribution in [0.5, 0.6) is 0 Å². The van der Waals surface area contributed by atoms with Crippen LogP contribution in [0.4, 0.5) is 5.95 Å². The summed E-state index contributed by atoms with van der Waals surface area (Å²) in [5.41, 5.74) is 1.92. The molecule has 2 aromatic rings. The number of nitrogens with zero attached hydrogens (tertiary/aromatic N) is 3. The molecule has 1 amide bonds. The summed E-state index contributed by atoms with van der Waals surface area (Å²) in [4.78, 5) is 37.4. The molecule has 1 aliphatic rings. The Morgan fingerprint density at radius 1 is 1.30 bits per heavy atom. The number of H-pyrrole nitrogens is 1. The normalized spacial score (nSPS) is 16.0. The van der Waals surface area contributed by atoms with Gasteiger partial charge in [0.2, 0.25) is 11.5 Å². The number of aryl methyl sites for hydroxylation is 1. The Balaban J connectivity index is 1.69. The highest BCUT2D eigenvalue weighted by atomic mass is 16.2. The molecule has 144 valence electrons. The SMILES string of the molecule is Cc1nc(N(C)C2CCCCC2)ncc1[C@@H](C)NC(=O)c1ccc(=O)[nH]c1. The van der Waals surface area contributed by atoms with E-state index < -0.39 is 0 Å². The highest BCUT2D eigenvalue weighted by Gasteiger charge is 2.21. The number of carbonyl (C=O) groups is 1. The average Bonchev–Trinajstić information content (AvgIpc) is 2.68. The van der Waals surface area contributed by atoms with Crippen molar-refractivity contribution in [1.82, 2.24) is 20.3 Å². The second-order valence-electron chi connectivity index (χ2n) is 7.25. The molecular weight excluding hydrogens is 342 g/mol. The maximum atomic E-state index is 12.4. The van der Waals surface area contributed by atoms with E-state index in [9.17, 15) is 9.59 Å². The quantitative estimate of drug-likeness (QED) is 0.846.